The van der Waals surface area contributed by atoms with E-state index in [0.29, 0.717) is 5.46 Å². The van der Waals surface area contributed by atoms with Gasteiger partial charge in [0.15, 0.2) is 0 Å². The zero-order valence-electron chi connectivity index (χ0n) is 11.4. The third-order valence-corrected chi connectivity index (χ3v) is 4.31. The Hall–Kier alpha value is -0.795. The molecule has 0 atom stereocenters. The predicted molar refractivity (Wildman–Crippen MR) is 75.8 cm³/mol. The lowest BCUT2D eigenvalue weighted by molar-refractivity contribution is 0.288. The Morgan fingerprint density at radius 1 is 1.17 bits per heavy atom. The predicted octanol–water partition coefficient (Wildman–Crippen LogP) is 2.04. The minimum Gasteiger partial charge on any atom is -0.423 e. The molecule has 2 N–H and O–H groups in total. The van der Waals surface area contributed by atoms with E-state index in [4.69, 9.17) is 10.0 Å². The lowest BCUT2D eigenvalue weighted by Crippen LogP contribution is -2.30. The van der Waals surface area contributed by atoms with Crippen molar-refractivity contribution < 1.29 is 10.0 Å². The van der Waals surface area contributed by atoms with Crippen LogP contribution in [0.2, 0.25) is 0 Å². The molecule has 1 aromatic rings. The summed E-state index contributed by atoms with van der Waals surface area (Å²) in [5.41, 5.74) is 3.13. The quantitative estimate of drug-likeness (QED) is 0.801. The summed E-state index contributed by atoms with van der Waals surface area (Å²) in [6, 6.07) is 5.78. The van der Waals surface area contributed by atoms with Crippen molar-refractivity contribution in [3.8, 4) is 0 Å². The highest BCUT2D eigenvalue weighted by atomic mass is 16.4. The molecule has 0 saturated heterocycles. The molecule has 0 aromatic heterocycles. The fraction of sp³-hybridized carbons (Fsp3) is 0.600. The molecule has 1 fully saturated rings. The molecular formula is C15H23BO2. The highest BCUT2D eigenvalue weighted by Gasteiger charge is 2.19. The monoisotopic (exact) mass is 246 g/mol. The molecule has 1 aliphatic rings. The lowest BCUT2D eigenvalue weighted by Gasteiger charge is -2.26. The first kappa shape index (κ1) is 13.6. The average Bonchev–Trinajstić information content (AvgIpc) is 2.34. The second-order valence-corrected chi connectivity index (χ2v) is 5.89. The van der Waals surface area contributed by atoms with Crippen molar-refractivity contribution in [1.82, 2.24) is 0 Å². The molecule has 0 spiro atoms. The van der Waals surface area contributed by atoms with Crippen LogP contribution in [-0.2, 0) is 6.42 Å². The van der Waals surface area contributed by atoms with Gasteiger partial charge in [-0.1, -0.05) is 38.0 Å². The normalized spacial score (nSPS) is 24.0. The van der Waals surface area contributed by atoms with E-state index < -0.39 is 7.12 Å². The summed E-state index contributed by atoms with van der Waals surface area (Å²) in [6.07, 6.45) is 6.53. The minimum absolute atomic E-state index is 0.591. The molecule has 18 heavy (non-hydrogen) atoms. The maximum atomic E-state index is 9.15. The van der Waals surface area contributed by atoms with Crippen LogP contribution in [0, 0.1) is 18.8 Å². The number of aryl methyl sites for hydroxylation is 1. The van der Waals surface area contributed by atoms with Gasteiger partial charge in [-0.3, -0.25) is 0 Å². The Balaban J connectivity index is 2.01. The maximum absolute atomic E-state index is 9.15. The molecule has 0 heterocycles. The van der Waals surface area contributed by atoms with E-state index in [0.717, 1.165) is 18.3 Å². The number of hydrogen-bond acceptors (Lipinski definition) is 2. The van der Waals surface area contributed by atoms with Gasteiger partial charge in [0.25, 0.3) is 0 Å². The van der Waals surface area contributed by atoms with Gasteiger partial charge in [-0.05, 0) is 54.6 Å². The molecule has 0 bridgehead atoms. The summed E-state index contributed by atoms with van der Waals surface area (Å²) < 4.78 is 0. The first-order valence-electron chi connectivity index (χ1n) is 7.02. The van der Waals surface area contributed by atoms with Crippen molar-refractivity contribution in [1.29, 1.82) is 0 Å². The van der Waals surface area contributed by atoms with Crippen LogP contribution in [0.5, 0.6) is 0 Å². The van der Waals surface area contributed by atoms with Gasteiger partial charge in [0.1, 0.15) is 0 Å². The lowest BCUT2D eigenvalue weighted by atomic mass is 9.76. The molecule has 0 aliphatic heterocycles. The maximum Gasteiger partial charge on any atom is 0.488 e. The van der Waals surface area contributed by atoms with Crippen LogP contribution in [0.25, 0.3) is 0 Å². The van der Waals surface area contributed by atoms with Gasteiger partial charge in [0.2, 0.25) is 0 Å². The molecule has 0 unspecified atom stereocenters. The summed E-state index contributed by atoms with van der Waals surface area (Å²) in [7, 11) is -1.35. The van der Waals surface area contributed by atoms with Crippen LogP contribution in [0.1, 0.15) is 43.7 Å². The second-order valence-electron chi connectivity index (χ2n) is 5.89. The molecular weight excluding hydrogens is 223 g/mol. The SMILES string of the molecule is Cc1cc(B(O)O)ccc1CC1CCC(C)CC1. The van der Waals surface area contributed by atoms with Crippen molar-refractivity contribution >= 4 is 12.6 Å². The van der Waals surface area contributed by atoms with Crippen LogP contribution >= 0.6 is 0 Å². The van der Waals surface area contributed by atoms with Gasteiger partial charge in [0, 0.05) is 0 Å². The fourth-order valence-electron chi connectivity index (χ4n) is 2.95. The first-order chi connectivity index (χ1) is 8.56. The minimum atomic E-state index is -1.35. The first-order valence-corrected chi connectivity index (χ1v) is 7.02. The summed E-state index contributed by atoms with van der Waals surface area (Å²) in [5.74, 6) is 1.71. The summed E-state index contributed by atoms with van der Waals surface area (Å²) in [6.45, 7) is 4.41. The van der Waals surface area contributed by atoms with Crippen molar-refractivity contribution in [3.05, 3.63) is 29.3 Å². The Morgan fingerprint density at radius 3 is 2.39 bits per heavy atom. The van der Waals surface area contributed by atoms with Crippen molar-refractivity contribution in [2.45, 2.75) is 46.0 Å². The summed E-state index contributed by atoms with van der Waals surface area (Å²) >= 11 is 0. The molecule has 0 amide bonds. The number of benzene rings is 1. The zero-order valence-corrected chi connectivity index (χ0v) is 11.4. The molecule has 1 saturated carbocycles. The average molecular weight is 246 g/mol. The van der Waals surface area contributed by atoms with Crippen LogP contribution in [0.15, 0.2) is 18.2 Å². The molecule has 0 radical (unpaired) electrons. The van der Waals surface area contributed by atoms with Crippen molar-refractivity contribution in [2.75, 3.05) is 0 Å². The zero-order chi connectivity index (χ0) is 13.1. The Morgan fingerprint density at radius 2 is 1.83 bits per heavy atom. The van der Waals surface area contributed by atoms with E-state index in [-0.39, 0.29) is 0 Å². The number of hydrogen-bond donors (Lipinski definition) is 2. The van der Waals surface area contributed by atoms with Gasteiger partial charge >= 0.3 is 7.12 Å². The van der Waals surface area contributed by atoms with Crippen molar-refractivity contribution in [2.24, 2.45) is 11.8 Å². The van der Waals surface area contributed by atoms with Crippen LogP contribution in [0.4, 0.5) is 0 Å². The van der Waals surface area contributed by atoms with Crippen LogP contribution in [-0.4, -0.2) is 17.2 Å². The molecule has 2 rings (SSSR count). The molecule has 98 valence electrons. The Bertz CT molecular complexity index is 395. The molecule has 1 aliphatic carbocycles. The van der Waals surface area contributed by atoms with E-state index in [1.54, 1.807) is 0 Å². The largest absolute Gasteiger partial charge is 0.488 e. The Labute approximate surface area is 110 Å². The van der Waals surface area contributed by atoms with Crippen LogP contribution < -0.4 is 5.46 Å². The van der Waals surface area contributed by atoms with E-state index in [1.165, 1.54) is 36.8 Å². The van der Waals surface area contributed by atoms with Gasteiger partial charge in [-0.15, -0.1) is 0 Å². The fourth-order valence-corrected chi connectivity index (χ4v) is 2.95. The second kappa shape index (κ2) is 5.90. The Kier molecular flexibility index (Phi) is 4.47. The highest BCUT2D eigenvalue weighted by Crippen LogP contribution is 2.31. The standard InChI is InChI=1S/C15H23BO2/c1-11-3-5-13(6-4-11)10-14-7-8-15(16(17)18)9-12(14)2/h7-9,11,13,17-18H,3-6,10H2,1-2H3. The van der Waals surface area contributed by atoms with Crippen LogP contribution in [0.3, 0.4) is 0 Å². The third-order valence-electron chi connectivity index (χ3n) is 4.31. The molecule has 2 nitrogen and oxygen atoms in total. The van der Waals surface area contributed by atoms with Gasteiger partial charge in [-0.2, -0.15) is 0 Å². The van der Waals surface area contributed by atoms with Gasteiger partial charge in [-0.25, -0.2) is 0 Å². The van der Waals surface area contributed by atoms with Crippen molar-refractivity contribution in [3.63, 3.8) is 0 Å². The van der Waals surface area contributed by atoms with Gasteiger partial charge < -0.3 is 10.0 Å². The molecule has 3 heteroatoms. The van der Waals surface area contributed by atoms with Gasteiger partial charge in [0.05, 0.1) is 0 Å². The third kappa shape index (κ3) is 3.36. The highest BCUT2D eigenvalue weighted by molar-refractivity contribution is 6.58. The number of rotatable bonds is 3. The van der Waals surface area contributed by atoms with E-state index in [2.05, 4.69) is 19.9 Å². The van der Waals surface area contributed by atoms with E-state index in [1.807, 2.05) is 12.1 Å². The van der Waals surface area contributed by atoms with E-state index in [9.17, 15) is 0 Å². The summed E-state index contributed by atoms with van der Waals surface area (Å²) in [5, 5.41) is 18.3. The summed E-state index contributed by atoms with van der Waals surface area (Å²) in [4.78, 5) is 0. The molecule has 1 aromatic carbocycles. The van der Waals surface area contributed by atoms with E-state index >= 15 is 0 Å². The smallest absolute Gasteiger partial charge is 0.423 e. The topological polar surface area (TPSA) is 40.5 Å².